The van der Waals surface area contributed by atoms with Crippen molar-refractivity contribution in [3.05, 3.63) is 212 Å². The fraction of sp³-hybridized carbons (Fsp3) is 0. The van der Waals surface area contributed by atoms with Gasteiger partial charge in [-0.25, -0.2) is 15.0 Å². The van der Waals surface area contributed by atoms with Crippen molar-refractivity contribution in [3.8, 4) is 78.5 Å². The van der Waals surface area contributed by atoms with Crippen molar-refractivity contribution < 1.29 is 0 Å². The molecule has 3 nitrogen and oxygen atoms in total. The molecule has 59 heavy (non-hydrogen) atoms. The summed E-state index contributed by atoms with van der Waals surface area (Å²) in [5.74, 6) is 0.692. The lowest BCUT2D eigenvalue weighted by Crippen LogP contribution is -1.96. The third-order valence-corrected chi connectivity index (χ3v) is 12.2. The van der Waals surface area contributed by atoms with Gasteiger partial charge in [0.25, 0.3) is 0 Å². The van der Waals surface area contributed by atoms with Gasteiger partial charge in [0, 0.05) is 43.1 Å². The van der Waals surface area contributed by atoms with E-state index >= 15 is 0 Å². The van der Waals surface area contributed by atoms with Crippen LogP contribution in [0.1, 0.15) is 0 Å². The molecule has 276 valence electrons. The Balaban J connectivity index is 1.02. The van der Waals surface area contributed by atoms with Crippen molar-refractivity contribution in [3.63, 3.8) is 0 Å². The lowest BCUT2D eigenvalue weighted by atomic mass is 9.96. The summed E-state index contributed by atoms with van der Waals surface area (Å²) < 4.78 is 2.45. The van der Waals surface area contributed by atoms with Gasteiger partial charge in [0.2, 0.25) is 0 Å². The molecule has 8 aromatic carbocycles. The van der Waals surface area contributed by atoms with Crippen molar-refractivity contribution >= 4 is 42.4 Å². The highest BCUT2D eigenvalue weighted by molar-refractivity contribution is 7.26. The van der Waals surface area contributed by atoms with Crippen LogP contribution in [0.5, 0.6) is 0 Å². The molecule has 3 aromatic heterocycles. The molecule has 0 radical (unpaired) electrons. The van der Waals surface area contributed by atoms with Gasteiger partial charge in [-0.1, -0.05) is 170 Å². The lowest BCUT2D eigenvalue weighted by Gasteiger charge is -2.12. The average Bonchev–Trinajstić information content (AvgIpc) is 3.72. The maximum Gasteiger partial charge on any atom is 0.160 e. The Morgan fingerprint density at radius 2 is 0.780 bits per heavy atom. The van der Waals surface area contributed by atoms with Crippen molar-refractivity contribution in [2.45, 2.75) is 0 Å². The molecular formula is C55H35N3S. The van der Waals surface area contributed by atoms with Crippen LogP contribution in [0.2, 0.25) is 0 Å². The molecule has 3 heterocycles. The molecule has 0 saturated carbocycles. The minimum atomic E-state index is 0.692. The first-order valence-corrected chi connectivity index (χ1v) is 20.7. The second-order valence-electron chi connectivity index (χ2n) is 14.8. The molecule has 0 unspecified atom stereocenters. The number of hydrogen-bond donors (Lipinski definition) is 0. The standard InChI is InChI=1S/C55H35N3S/c1-4-15-36(16-5-1)39-21-12-22-40(31-39)43-29-30-48-47(34-43)52-46-27-10-11-28-51(46)59-54(52)53(56-48)44-25-13-23-41(32-44)42-24-14-26-45(33-42)55-57-49(37-17-6-2-7-18-37)35-50(58-55)38-19-8-3-9-20-38/h1-35H. The highest BCUT2D eigenvalue weighted by Gasteiger charge is 2.18. The first-order valence-electron chi connectivity index (χ1n) is 19.8. The summed E-state index contributed by atoms with van der Waals surface area (Å²) in [6, 6.07) is 75.0. The Kier molecular flexibility index (Phi) is 8.68. The molecule has 0 N–H and O–H groups in total. The van der Waals surface area contributed by atoms with Crippen LogP contribution in [0.4, 0.5) is 0 Å². The summed E-state index contributed by atoms with van der Waals surface area (Å²) >= 11 is 1.82. The van der Waals surface area contributed by atoms with E-state index in [1.54, 1.807) is 0 Å². The smallest absolute Gasteiger partial charge is 0.160 e. The Labute approximate surface area is 346 Å². The number of benzene rings is 8. The molecular weight excluding hydrogens is 735 g/mol. The molecule has 11 rings (SSSR count). The van der Waals surface area contributed by atoms with Crippen molar-refractivity contribution in [1.29, 1.82) is 0 Å². The predicted octanol–water partition coefficient (Wildman–Crippen LogP) is 15.1. The Morgan fingerprint density at radius 3 is 1.42 bits per heavy atom. The molecule has 0 aliphatic rings. The molecule has 0 aliphatic carbocycles. The van der Waals surface area contributed by atoms with E-state index in [0.29, 0.717) is 5.82 Å². The van der Waals surface area contributed by atoms with Crippen LogP contribution < -0.4 is 0 Å². The van der Waals surface area contributed by atoms with Gasteiger partial charge >= 0.3 is 0 Å². The van der Waals surface area contributed by atoms with Gasteiger partial charge in [-0.2, -0.15) is 0 Å². The van der Waals surface area contributed by atoms with Gasteiger partial charge in [-0.15, -0.1) is 11.3 Å². The fourth-order valence-corrected chi connectivity index (χ4v) is 9.37. The number of pyridine rings is 1. The van der Waals surface area contributed by atoms with Crippen LogP contribution in [0.15, 0.2) is 212 Å². The van der Waals surface area contributed by atoms with E-state index in [2.05, 4.69) is 176 Å². The average molecular weight is 770 g/mol. The van der Waals surface area contributed by atoms with Crippen LogP contribution in [0.3, 0.4) is 0 Å². The van der Waals surface area contributed by atoms with Crippen LogP contribution in [0.25, 0.3) is 110 Å². The van der Waals surface area contributed by atoms with Gasteiger partial charge in [0.05, 0.1) is 27.3 Å². The number of fused-ring (bicyclic) bond motifs is 5. The Morgan fingerprint density at radius 1 is 0.305 bits per heavy atom. The topological polar surface area (TPSA) is 38.7 Å². The van der Waals surface area contributed by atoms with Gasteiger partial charge < -0.3 is 0 Å². The van der Waals surface area contributed by atoms with Gasteiger partial charge in [0.15, 0.2) is 5.82 Å². The SMILES string of the molecule is c1ccc(-c2cccc(-c3ccc4nc(-c5cccc(-c6cccc(-c7nc(-c8ccccc8)cc(-c8ccccc8)n7)c6)c5)c5sc6ccccc6c5c4c3)c2)cc1. The third-order valence-electron chi connectivity index (χ3n) is 11.1. The summed E-state index contributed by atoms with van der Waals surface area (Å²) in [6.45, 7) is 0. The molecule has 0 atom stereocenters. The molecule has 0 bridgehead atoms. The van der Waals surface area contributed by atoms with Crippen LogP contribution in [-0.4, -0.2) is 15.0 Å². The van der Waals surface area contributed by atoms with Gasteiger partial charge in [-0.05, 0) is 75.8 Å². The second-order valence-corrected chi connectivity index (χ2v) is 15.8. The largest absolute Gasteiger partial charge is 0.246 e. The summed E-state index contributed by atoms with van der Waals surface area (Å²) in [4.78, 5) is 15.7. The van der Waals surface area contributed by atoms with Gasteiger partial charge in [-0.3, -0.25) is 0 Å². The number of rotatable bonds is 7. The molecule has 0 aliphatic heterocycles. The van der Waals surface area contributed by atoms with E-state index in [0.717, 1.165) is 56.0 Å². The summed E-state index contributed by atoms with van der Waals surface area (Å²) in [5.41, 5.74) is 14.9. The molecule has 4 heteroatoms. The molecule has 11 aromatic rings. The molecule has 0 saturated heterocycles. The summed E-state index contributed by atoms with van der Waals surface area (Å²) in [7, 11) is 0. The summed E-state index contributed by atoms with van der Waals surface area (Å²) in [6.07, 6.45) is 0. The monoisotopic (exact) mass is 769 g/mol. The maximum absolute atomic E-state index is 5.44. The second kappa shape index (κ2) is 14.8. The Hall–Kier alpha value is -7.53. The lowest BCUT2D eigenvalue weighted by molar-refractivity contribution is 1.18. The van der Waals surface area contributed by atoms with E-state index < -0.39 is 0 Å². The van der Waals surface area contributed by atoms with Crippen LogP contribution in [-0.2, 0) is 0 Å². The van der Waals surface area contributed by atoms with E-state index in [1.165, 1.54) is 47.8 Å². The van der Waals surface area contributed by atoms with E-state index in [4.69, 9.17) is 15.0 Å². The zero-order chi connectivity index (χ0) is 39.1. The first kappa shape index (κ1) is 34.7. The van der Waals surface area contributed by atoms with E-state index in [-0.39, 0.29) is 0 Å². The highest BCUT2D eigenvalue weighted by atomic mass is 32.1. The molecule has 0 spiro atoms. The number of hydrogen-bond acceptors (Lipinski definition) is 4. The first-order chi connectivity index (χ1) is 29.2. The quantitative estimate of drug-likeness (QED) is 0.162. The number of thiophene rings is 1. The normalized spacial score (nSPS) is 11.4. The zero-order valence-electron chi connectivity index (χ0n) is 32.0. The highest BCUT2D eigenvalue weighted by Crippen LogP contribution is 2.44. The minimum absolute atomic E-state index is 0.692. The van der Waals surface area contributed by atoms with E-state index in [1.807, 2.05) is 47.7 Å². The van der Waals surface area contributed by atoms with Crippen molar-refractivity contribution in [2.24, 2.45) is 0 Å². The minimum Gasteiger partial charge on any atom is -0.246 e. The Bertz CT molecular complexity index is 3260. The third kappa shape index (κ3) is 6.56. The predicted molar refractivity (Wildman–Crippen MR) is 248 cm³/mol. The molecule has 0 amide bonds. The fourth-order valence-electron chi connectivity index (χ4n) is 8.14. The zero-order valence-corrected chi connectivity index (χ0v) is 32.8. The number of aromatic nitrogens is 3. The maximum atomic E-state index is 5.44. The van der Waals surface area contributed by atoms with Crippen molar-refractivity contribution in [2.75, 3.05) is 0 Å². The molecule has 0 fully saturated rings. The van der Waals surface area contributed by atoms with Crippen molar-refractivity contribution in [1.82, 2.24) is 15.0 Å². The summed E-state index contributed by atoms with van der Waals surface area (Å²) in [5, 5.41) is 3.68. The van der Waals surface area contributed by atoms with Crippen LogP contribution >= 0.6 is 11.3 Å². The van der Waals surface area contributed by atoms with Crippen LogP contribution in [0, 0.1) is 0 Å². The van der Waals surface area contributed by atoms with E-state index in [9.17, 15) is 0 Å². The van der Waals surface area contributed by atoms with Gasteiger partial charge in [0.1, 0.15) is 0 Å². The number of nitrogens with zero attached hydrogens (tertiary/aromatic N) is 3.